The van der Waals surface area contributed by atoms with Gasteiger partial charge in [0.2, 0.25) is 17.8 Å². The molecule has 0 saturated carbocycles. The lowest BCUT2D eigenvalue weighted by atomic mass is 10.4. The third-order valence-corrected chi connectivity index (χ3v) is 2.08. The topological polar surface area (TPSA) is 115 Å². The maximum absolute atomic E-state index is 10.7. The van der Waals surface area contributed by atoms with Gasteiger partial charge >= 0.3 is 6.01 Å². The van der Waals surface area contributed by atoms with E-state index in [2.05, 4.69) is 25.6 Å². The van der Waals surface area contributed by atoms with E-state index in [9.17, 15) is 4.79 Å². The molecule has 0 aliphatic carbocycles. The van der Waals surface area contributed by atoms with Gasteiger partial charge in [0.15, 0.2) is 0 Å². The molecule has 0 aromatic carbocycles. The fourth-order valence-corrected chi connectivity index (χ4v) is 1.24. The van der Waals surface area contributed by atoms with Gasteiger partial charge in [-0.2, -0.15) is 15.0 Å². The zero-order chi connectivity index (χ0) is 14.1. The van der Waals surface area contributed by atoms with E-state index in [1.165, 1.54) is 0 Å². The fourth-order valence-electron chi connectivity index (χ4n) is 1.24. The Bertz CT molecular complexity index is 412. The van der Waals surface area contributed by atoms with Gasteiger partial charge in [-0.25, -0.2) is 0 Å². The Hall–Kier alpha value is -2.12. The first kappa shape index (κ1) is 14.9. The smallest absolute Gasteiger partial charge is 0.323 e. The Kier molecular flexibility index (Phi) is 6.34. The molecule has 1 heterocycles. The zero-order valence-electron chi connectivity index (χ0n) is 11.3. The zero-order valence-corrected chi connectivity index (χ0v) is 11.3. The monoisotopic (exact) mass is 268 g/mol. The van der Waals surface area contributed by atoms with Crippen molar-refractivity contribution in [2.75, 3.05) is 30.3 Å². The number of aromatic nitrogens is 3. The number of amides is 1. The molecule has 1 aromatic rings. The molecule has 0 saturated heterocycles. The van der Waals surface area contributed by atoms with Crippen molar-refractivity contribution in [1.82, 2.24) is 15.0 Å². The van der Waals surface area contributed by atoms with E-state index in [1.54, 1.807) is 0 Å². The van der Waals surface area contributed by atoms with Crippen LogP contribution < -0.4 is 21.1 Å². The first-order chi connectivity index (χ1) is 9.15. The molecule has 0 aliphatic heterocycles. The molecule has 1 amide bonds. The summed E-state index contributed by atoms with van der Waals surface area (Å²) >= 11 is 0. The number of ether oxygens (including phenoxy) is 1. The van der Waals surface area contributed by atoms with E-state index >= 15 is 0 Å². The summed E-state index contributed by atoms with van der Waals surface area (Å²) in [5.41, 5.74) is 5.06. The minimum atomic E-state index is -0.379. The Morgan fingerprint density at radius 2 is 1.79 bits per heavy atom. The van der Waals surface area contributed by atoms with Gasteiger partial charge in [0.1, 0.15) is 0 Å². The van der Waals surface area contributed by atoms with Crippen LogP contribution in [0.1, 0.15) is 26.7 Å². The van der Waals surface area contributed by atoms with Crippen LogP contribution in [0.4, 0.5) is 11.9 Å². The maximum atomic E-state index is 10.7. The molecule has 8 heteroatoms. The summed E-state index contributed by atoms with van der Waals surface area (Å²) in [6, 6.07) is 0.248. The standard InChI is InChI=1S/C11H20N6O2/c1-3-6-13-9-15-10(14-7-5-8(12)18)17-11(16-9)19-4-2/h3-7H2,1-2H3,(H2,12,18)(H2,13,14,15,16,17). The molecule has 4 N–H and O–H groups in total. The maximum Gasteiger partial charge on any atom is 0.323 e. The number of rotatable bonds is 9. The van der Waals surface area contributed by atoms with Crippen molar-refractivity contribution in [3.63, 3.8) is 0 Å². The van der Waals surface area contributed by atoms with Crippen molar-refractivity contribution in [3.05, 3.63) is 0 Å². The Labute approximate surface area is 112 Å². The molecular formula is C11H20N6O2. The molecule has 8 nitrogen and oxygen atoms in total. The average molecular weight is 268 g/mol. The molecule has 0 unspecified atom stereocenters. The van der Waals surface area contributed by atoms with Crippen molar-refractivity contribution >= 4 is 17.8 Å². The third-order valence-electron chi connectivity index (χ3n) is 2.08. The van der Waals surface area contributed by atoms with Gasteiger partial charge in [-0.15, -0.1) is 0 Å². The van der Waals surface area contributed by atoms with Gasteiger partial charge in [0.05, 0.1) is 6.61 Å². The van der Waals surface area contributed by atoms with E-state index < -0.39 is 0 Å². The molecular weight excluding hydrogens is 248 g/mol. The van der Waals surface area contributed by atoms with Crippen molar-refractivity contribution in [3.8, 4) is 6.01 Å². The molecule has 0 aliphatic rings. The van der Waals surface area contributed by atoms with Crippen molar-refractivity contribution in [2.24, 2.45) is 5.73 Å². The molecule has 19 heavy (non-hydrogen) atoms. The normalized spacial score (nSPS) is 10.0. The second kappa shape index (κ2) is 8.06. The highest BCUT2D eigenvalue weighted by Crippen LogP contribution is 2.11. The highest BCUT2D eigenvalue weighted by Gasteiger charge is 2.07. The fraction of sp³-hybridized carbons (Fsp3) is 0.636. The summed E-state index contributed by atoms with van der Waals surface area (Å²) in [5, 5.41) is 5.97. The van der Waals surface area contributed by atoms with Crippen molar-refractivity contribution in [1.29, 1.82) is 0 Å². The van der Waals surface area contributed by atoms with Crippen LogP contribution in [0.25, 0.3) is 0 Å². The molecule has 0 fully saturated rings. The molecule has 0 bridgehead atoms. The molecule has 0 atom stereocenters. The second-order valence-electron chi connectivity index (χ2n) is 3.77. The second-order valence-corrected chi connectivity index (χ2v) is 3.77. The van der Waals surface area contributed by atoms with Crippen LogP contribution in [-0.2, 0) is 4.79 Å². The van der Waals surface area contributed by atoms with E-state index in [1.807, 2.05) is 13.8 Å². The molecule has 1 aromatic heterocycles. The molecule has 0 radical (unpaired) electrons. The number of nitrogens with two attached hydrogens (primary N) is 1. The van der Waals surface area contributed by atoms with Gasteiger partial charge in [-0.05, 0) is 13.3 Å². The van der Waals surface area contributed by atoms with Crippen LogP contribution >= 0.6 is 0 Å². The van der Waals surface area contributed by atoms with Gasteiger partial charge in [0, 0.05) is 19.5 Å². The highest BCUT2D eigenvalue weighted by molar-refractivity contribution is 5.74. The first-order valence-corrected chi connectivity index (χ1v) is 6.30. The quantitative estimate of drug-likeness (QED) is 0.593. The first-order valence-electron chi connectivity index (χ1n) is 6.30. The number of nitrogens with zero attached hydrogens (tertiary/aromatic N) is 3. The summed E-state index contributed by atoms with van der Waals surface area (Å²) in [6.07, 6.45) is 1.17. The third kappa shape index (κ3) is 5.84. The number of primary amides is 1. The van der Waals surface area contributed by atoms with Crippen molar-refractivity contribution < 1.29 is 9.53 Å². The summed E-state index contributed by atoms with van der Waals surface area (Å²) in [4.78, 5) is 23.0. The minimum absolute atomic E-state index is 0.216. The van der Waals surface area contributed by atoms with Gasteiger partial charge < -0.3 is 21.1 Å². The van der Waals surface area contributed by atoms with Crippen LogP contribution in [0.2, 0.25) is 0 Å². The number of nitrogens with one attached hydrogen (secondary N) is 2. The number of carbonyl (C=O) groups excluding carboxylic acids is 1. The van der Waals surface area contributed by atoms with Crippen molar-refractivity contribution in [2.45, 2.75) is 26.7 Å². The van der Waals surface area contributed by atoms with Crippen LogP contribution in [0.15, 0.2) is 0 Å². The molecule has 106 valence electrons. The predicted molar refractivity (Wildman–Crippen MR) is 72.1 cm³/mol. The van der Waals surface area contributed by atoms with Gasteiger partial charge in [0.25, 0.3) is 0 Å². The minimum Gasteiger partial charge on any atom is -0.464 e. The Balaban J connectivity index is 2.71. The number of hydrogen-bond acceptors (Lipinski definition) is 7. The number of carbonyl (C=O) groups is 1. The molecule has 0 spiro atoms. The van der Waals surface area contributed by atoms with E-state index in [0.29, 0.717) is 25.0 Å². The number of hydrogen-bond donors (Lipinski definition) is 3. The Morgan fingerprint density at radius 3 is 2.32 bits per heavy atom. The van der Waals surface area contributed by atoms with Gasteiger partial charge in [-0.3, -0.25) is 4.79 Å². The lowest BCUT2D eigenvalue weighted by molar-refractivity contribution is -0.117. The summed E-state index contributed by atoms with van der Waals surface area (Å²) < 4.78 is 5.26. The lowest BCUT2D eigenvalue weighted by Crippen LogP contribution is -2.17. The van der Waals surface area contributed by atoms with Gasteiger partial charge in [-0.1, -0.05) is 6.92 Å². The Morgan fingerprint density at radius 1 is 1.16 bits per heavy atom. The van der Waals surface area contributed by atoms with E-state index in [-0.39, 0.29) is 18.3 Å². The predicted octanol–water partition coefficient (Wildman–Crippen LogP) is 0.380. The van der Waals surface area contributed by atoms with Crippen LogP contribution in [0, 0.1) is 0 Å². The van der Waals surface area contributed by atoms with Crippen LogP contribution in [-0.4, -0.2) is 40.6 Å². The van der Waals surface area contributed by atoms with Crippen LogP contribution in [0.5, 0.6) is 6.01 Å². The van der Waals surface area contributed by atoms with E-state index in [0.717, 1.165) is 13.0 Å². The highest BCUT2D eigenvalue weighted by atomic mass is 16.5. The summed E-state index contributed by atoms with van der Waals surface area (Å²) in [5.74, 6) is 0.427. The lowest BCUT2D eigenvalue weighted by Gasteiger charge is -2.09. The number of anilines is 2. The average Bonchev–Trinajstić information content (AvgIpc) is 2.36. The van der Waals surface area contributed by atoms with Crippen LogP contribution in [0.3, 0.4) is 0 Å². The summed E-state index contributed by atoms with van der Waals surface area (Å²) in [6.45, 7) is 5.50. The largest absolute Gasteiger partial charge is 0.464 e. The molecule has 1 rings (SSSR count). The summed E-state index contributed by atoms with van der Waals surface area (Å²) in [7, 11) is 0. The SMILES string of the molecule is CCCNc1nc(NCCC(N)=O)nc(OCC)n1. The van der Waals surface area contributed by atoms with E-state index in [4.69, 9.17) is 10.5 Å².